The molecule has 0 bridgehead atoms. The van der Waals surface area contributed by atoms with Crippen LogP contribution in [0, 0.1) is 22.7 Å². The van der Waals surface area contributed by atoms with Gasteiger partial charge in [0.05, 0.1) is 6.10 Å². The van der Waals surface area contributed by atoms with Gasteiger partial charge >= 0.3 is 0 Å². The summed E-state index contributed by atoms with van der Waals surface area (Å²) in [6.07, 6.45) is 14.4. The van der Waals surface area contributed by atoms with Crippen LogP contribution in [-0.2, 0) is 0 Å². The summed E-state index contributed by atoms with van der Waals surface area (Å²) in [6.45, 7) is 4.77. The smallest absolute Gasteiger partial charge is 0.0724 e. The van der Waals surface area contributed by atoms with E-state index >= 15 is 0 Å². The van der Waals surface area contributed by atoms with E-state index in [1.807, 2.05) is 6.08 Å². The Kier molecular flexibility index (Phi) is 2.84. The molecule has 6 atom stereocenters. The Morgan fingerprint density at radius 1 is 1.19 bits per heavy atom. The van der Waals surface area contributed by atoms with Gasteiger partial charge in [0.2, 0.25) is 0 Å². The number of aliphatic hydroxyl groups is 1. The van der Waals surface area contributed by atoms with Crippen molar-refractivity contribution >= 4 is 0 Å². The van der Waals surface area contributed by atoms with Gasteiger partial charge in [0.15, 0.2) is 0 Å². The van der Waals surface area contributed by atoms with Gasteiger partial charge in [0, 0.05) is 17.4 Å². The SMILES string of the molecule is C[C@]12C=CC(O)CC1CCC1=C2CC[C@]2(C)C(N)C=C[C@@H]12. The second-order valence-electron chi connectivity index (χ2n) is 8.08. The zero-order valence-corrected chi connectivity index (χ0v) is 13.2. The van der Waals surface area contributed by atoms with E-state index in [0.29, 0.717) is 11.8 Å². The largest absolute Gasteiger partial charge is 0.389 e. The van der Waals surface area contributed by atoms with Crippen LogP contribution in [0.4, 0.5) is 0 Å². The maximum atomic E-state index is 9.95. The van der Waals surface area contributed by atoms with Gasteiger partial charge in [0.1, 0.15) is 0 Å². The molecule has 0 amide bonds. The zero-order chi connectivity index (χ0) is 14.8. The van der Waals surface area contributed by atoms with Crippen molar-refractivity contribution in [3.8, 4) is 0 Å². The van der Waals surface area contributed by atoms with E-state index in [9.17, 15) is 5.11 Å². The fraction of sp³-hybridized carbons (Fsp3) is 0.684. The summed E-state index contributed by atoms with van der Waals surface area (Å²) in [5.74, 6) is 1.16. The maximum Gasteiger partial charge on any atom is 0.0724 e. The van der Waals surface area contributed by atoms with E-state index in [1.54, 1.807) is 11.1 Å². The van der Waals surface area contributed by atoms with Crippen LogP contribution in [0.5, 0.6) is 0 Å². The van der Waals surface area contributed by atoms with Gasteiger partial charge in [-0.05, 0) is 43.4 Å². The average molecular weight is 285 g/mol. The lowest BCUT2D eigenvalue weighted by molar-refractivity contribution is 0.106. The summed E-state index contributed by atoms with van der Waals surface area (Å²) in [7, 11) is 0. The first-order chi connectivity index (χ1) is 9.95. The van der Waals surface area contributed by atoms with Gasteiger partial charge in [-0.25, -0.2) is 0 Å². The van der Waals surface area contributed by atoms with Crippen molar-refractivity contribution in [2.45, 2.75) is 58.1 Å². The van der Waals surface area contributed by atoms with E-state index < -0.39 is 0 Å². The second kappa shape index (κ2) is 4.33. The van der Waals surface area contributed by atoms with Crippen molar-refractivity contribution in [2.75, 3.05) is 0 Å². The van der Waals surface area contributed by atoms with Crippen molar-refractivity contribution in [3.63, 3.8) is 0 Å². The van der Waals surface area contributed by atoms with E-state index in [4.69, 9.17) is 5.73 Å². The zero-order valence-electron chi connectivity index (χ0n) is 13.2. The van der Waals surface area contributed by atoms with Crippen LogP contribution in [-0.4, -0.2) is 17.3 Å². The number of allylic oxidation sites excluding steroid dienone is 4. The molecule has 0 fully saturated rings. The molecular formula is C19H27NO. The van der Waals surface area contributed by atoms with Gasteiger partial charge < -0.3 is 10.8 Å². The third-order valence-corrected chi connectivity index (χ3v) is 7.11. The highest BCUT2D eigenvalue weighted by atomic mass is 16.3. The van der Waals surface area contributed by atoms with Crippen LogP contribution in [0.3, 0.4) is 0 Å². The summed E-state index contributed by atoms with van der Waals surface area (Å²) >= 11 is 0. The number of rotatable bonds is 0. The molecule has 0 saturated carbocycles. The Balaban J connectivity index is 1.80. The Morgan fingerprint density at radius 2 is 2.00 bits per heavy atom. The van der Waals surface area contributed by atoms with E-state index in [0.717, 1.165) is 6.42 Å². The maximum absolute atomic E-state index is 9.95. The van der Waals surface area contributed by atoms with Crippen molar-refractivity contribution in [1.82, 2.24) is 0 Å². The van der Waals surface area contributed by atoms with Crippen LogP contribution < -0.4 is 5.73 Å². The normalized spacial score (nSPS) is 51.6. The van der Waals surface area contributed by atoms with Gasteiger partial charge in [-0.3, -0.25) is 0 Å². The Bertz CT molecular complexity index is 560. The van der Waals surface area contributed by atoms with Crippen LogP contribution in [0.1, 0.15) is 46.0 Å². The average Bonchev–Trinajstić information content (AvgIpc) is 2.76. The van der Waals surface area contributed by atoms with E-state index in [1.165, 1.54) is 25.7 Å². The fourth-order valence-electron chi connectivity index (χ4n) is 5.53. The van der Waals surface area contributed by atoms with E-state index in [2.05, 4.69) is 32.1 Å². The highest BCUT2D eigenvalue weighted by Gasteiger charge is 2.51. The molecule has 0 heterocycles. The summed E-state index contributed by atoms with van der Waals surface area (Å²) in [5.41, 5.74) is 10.1. The summed E-state index contributed by atoms with van der Waals surface area (Å²) in [6, 6.07) is 0.214. The number of fused-ring (bicyclic) bond motifs is 4. The molecule has 0 radical (unpaired) electrons. The number of hydrogen-bond donors (Lipinski definition) is 2. The minimum absolute atomic E-state index is 0.175. The molecule has 0 aliphatic heterocycles. The quantitative estimate of drug-likeness (QED) is 0.671. The monoisotopic (exact) mass is 285 g/mol. The first-order valence-corrected chi connectivity index (χ1v) is 8.49. The van der Waals surface area contributed by atoms with Crippen LogP contribution >= 0.6 is 0 Å². The highest BCUT2D eigenvalue weighted by Crippen LogP contribution is 2.60. The molecule has 3 N–H and O–H groups in total. The number of nitrogens with two attached hydrogens (primary N) is 1. The first kappa shape index (κ1) is 13.8. The molecule has 2 heteroatoms. The van der Waals surface area contributed by atoms with E-state index in [-0.39, 0.29) is 23.0 Å². The molecule has 4 aliphatic rings. The molecule has 0 aromatic heterocycles. The van der Waals surface area contributed by atoms with Crippen LogP contribution in [0.25, 0.3) is 0 Å². The predicted molar refractivity (Wildman–Crippen MR) is 85.6 cm³/mol. The third kappa shape index (κ3) is 1.72. The minimum atomic E-state index is -0.237. The van der Waals surface area contributed by atoms with Crippen LogP contribution in [0.15, 0.2) is 35.5 Å². The standard InChI is InChI=1S/C19H27NO/c1-18-9-7-13(21)11-12(18)3-4-14-15-5-6-17(20)19(15,2)10-8-16(14)18/h5-7,9,12-13,15,17,21H,3-4,8,10-11,20H2,1-2H3/t12?,13?,15-,17?,18-,19-/m0/s1. The first-order valence-electron chi connectivity index (χ1n) is 8.49. The molecule has 0 aromatic rings. The van der Waals surface area contributed by atoms with Crippen molar-refractivity contribution in [2.24, 2.45) is 28.4 Å². The number of aliphatic hydroxyl groups excluding tert-OH is 1. The van der Waals surface area contributed by atoms with Gasteiger partial charge in [0.25, 0.3) is 0 Å². The molecule has 0 aromatic carbocycles. The predicted octanol–water partition coefficient (Wildman–Crippen LogP) is 3.33. The topological polar surface area (TPSA) is 46.2 Å². The molecule has 0 saturated heterocycles. The molecular weight excluding hydrogens is 258 g/mol. The molecule has 2 nitrogen and oxygen atoms in total. The summed E-state index contributed by atoms with van der Waals surface area (Å²) in [5, 5.41) is 9.95. The van der Waals surface area contributed by atoms with Crippen molar-refractivity contribution in [1.29, 1.82) is 0 Å². The van der Waals surface area contributed by atoms with Gasteiger partial charge in [-0.2, -0.15) is 0 Å². The Hall–Kier alpha value is -0.860. The lowest BCUT2D eigenvalue weighted by Gasteiger charge is -2.52. The lowest BCUT2D eigenvalue weighted by Crippen LogP contribution is -2.46. The number of hydrogen-bond acceptors (Lipinski definition) is 2. The molecule has 0 spiro atoms. The third-order valence-electron chi connectivity index (χ3n) is 7.11. The van der Waals surface area contributed by atoms with Crippen molar-refractivity contribution in [3.05, 3.63) is 35.5 Å². The minimum Gasteiger partial charge on any atom is -0.389 e. The molecule has 114 valence electrons. The summed E-state index contributed by atoms with van der Waals surface area (Å²) in [4.78, 5) is 0. The molecule has 4 rings (SSSR count). The van der Waals surface area contributed by atoms with Gasteiger partial charge in [-0.15, -0.1) is 0 Å². The summed E-state index contributed by atoms with van der Waals surface area (Å²) < 4.78 is 0. The second-order valence-corrected chi connectivity index (χ2v) is 8.08. The molecule has 21 heavy (non-hydrogen) atoms. The Labute approximate surface area is 127 Å². The molecule has 3 unspecified atom stereocenters. The lowest BCUT2D eigenvalue weighted by atomic mass is 9.53. The highest BCUT2D eigenvalue weighted by molar-refractivity contribution is 5.41. The Morgan fingerprint density at radius 3 is 2.81 bits per heavy atom. The molecule has 4 aliphatic carbocycles. The van der Waals surface area contributed by atoms with Crippen LogP contribution in [0.2, 0.25) is 0 Å². The fourth-order valence-corrected chi connectivity index (χ4v) is 5.53. The van der Waals surface area contributed by atoms with Gasteiger partial charge in [-0.1, -0.05) is 49.3 Å². The van der Waals surface area contributed by atoms with Crippen molar-refractivity contribution < 1.29 is 5.11 Å².